The molecule has 1 aliphatic rings. The second kappa shape index (κ2) is 6.29. The average Bonchev–Trinajstić information content (AvgIpc) is 2.95. The van der Waals surface area contributed by atoms with E-state index >= 15 is 0 Å². The minimum atomic E-state index is -4.36. The number of rotatable bonds is 3. The third-order valence-corrected chi connectivity index (χ3v) is 3.93. The van der Waals surface area contributed by atoms with E-state index in [1.165, 1.54) is 12.1 Å². The van der Waals surface area contributed by atoms with E-state index < -0.39 is 11.7 Å². The van der Waals surface area contributed by atoms with Crippen LogP contribution in [0.3, 0.4) is 0 Å². The molecule has 124 valence electrons. The van der Waals surface area contributed by atoms with Crippen LogP contribution in [0.25, 0.3) is 11.4 Å². The maximum atomic E-state index is 12.5. The lowest BCUT2D eigenvalue weighted by Crippen LogP contribution is -3.12. The Morgan fingerprint density at radius 2 is 2.00 bits per heavy atom. The van der Waals surface area contributed by atoms with Crippen molar-refractivity contribution in [2.24, 2.45) is 0 Å². The molecule has 1 saturated heterocycles. The van der Waals surface area contributed by atoms with E-state index in [-0.39, 0.29) is 11.9 Å². The second-order valence-corrected chi connectivity index (χ2v) is 5.76. The normalized spacial score (nSPS) is 22.3. The maximum Gasteiger partial charge on any atom is 0.416 e. The van der Waals surface area contributed by atoms with Crippen LogP contribution >= 0.6 is 0 Å². The molecule has 0 bridgehead atoms. The average molecular weight is 328 g/mol. The lowest BCUT2D eigenvalue weighted by molar-refractivity contribution is -0.923. The van der Waals surface area contributed by atoms with Crippen molar-refractivity contribution in [3.05, 3.63) is 35.7 Å². The van der Waals surface area contributed by atoms with Crippen LogP contribution in [-0.2, 0) is 12.7 Å². The topological polar surface area (TPSA) is 63.6 Å². The number of aliphatic hydroxyl groups is 1. The summed E-state index contributed by atoms with van der Waals surface area (Å²) >= 11 is 0. The quantitative estimate of drug-likeness (QED) is 0.891. The number of benzene rings is 1. The van der Waals surface area contributed by atoms with Crippen molar-refractivity contribution < 1.29 is 27.7 Å². The second-order valence-electron chi connectivity index (χ2n) is 5.76. The molecule has 1 aromatic carbocycles. The number of nitrogens with zero attached hydrogens (tertiary/aromatic N) is 2. The molecule has 2 aromatic rings. The first-order chi connectivity index (χ1) is 10.9. The van der Waals surface area contributed by atoms with E-state index in [0.717, 1.165) is 36.4 Å². The van der Waals surface area contributed by atoms with Gasteiger partial charge in [0.05, 0.1) is 12.1 Å². The lowest BCUT2D eigenvalue weighted by Gasteiger charge is -2.25. The summed E-state index contributed by atoms with van der Waals surface area (Å²) in [6.07, 6.45) is -2.92. The van der Waals surface area contributed by atoms with Gasteiger partial charge in [-0.1, -0.05) is 17.3 Å². The molecule has 1 unspecified atom stereocenters. The van der Waals surface area contributed by atoms with E-state index in [1.807, 2.05) is 0 Å². The molecule has 3 rings (SSSR count). The van der Waals surface area contributed by atoms with Crippen LogP contribution in [0.5, 0.6) is 0 Å². The monoisotopic (exact) mass is 328 g/mol. The first kappa shape index (κ1) is 15.9. The summed E-state index contributed by atoms with van der Waals surface area (Å²) in [5, 5.41) is 13.5. The Morgan fingerprint density at radius 3 is 2.65 bits per heavy atom. The fourth-order valence-electron chi connectivity index (χ4n) is 2.75. The Balaban J connectivity index is 1.69. The molecule has 1 aliphatic heterocycles. The third-order valence-electron chi connectivity index (χ3n) is 3.93. The van der Waals surface area contributed by atoms with Gasteiger partial charge in [0.25, 0.3) is 5.89 Å². The Bertz CT molecular complexity index is 655. The SMILES string of the molecule is O[C@@H]1CCC[NH+](Cc2nc(-c3ccc(C(F)(F)F)cc3)no2)C1. The molecule has 23 heavy (non-hydrogen) atoms. The minimum absolute atomic E-state index is 0.269. The molecular formula is C15H17F3N3O2+. The minimum Gasteiger partial charge on any atom is -0.387 e. The van der Waals surface area contributed by atoms with Crippen molar-refractivity contribution in [3.63, 3.8) is 0 Å². The summed E-state index contributed by atoms with van der Waals surface area (Å²) in [6, 6.07) is 4.65. The van der Waals surface area contributed by atoms with Crippen LogP contribution in [0.2, 0.25) is 0 Å². The van der Waals surface area contributed by atoms with E-state index in [0.29, 0.717) is 24.5 Å². The molecule has 0 radical (unpaired) electrons. The van der Waals surface area contributed by atoms with Crippen LogP contribution in [0, 0.1) is 0 Å². The smallest absolute Gasteiger partial charge is 0.387 e. The number of piperidine rings is 1. The molecular weight excluding hydrogens is 311 g/mol. The summed E-state index contributed by atoms with van der Waals surface area (Å²) in [5.74, 6) is 0.690. The third kappa shape index (κ3) is 3.89. The van der Waals surface area contributed by atoms with Crippen molar-refractivity contribution in [2.75, 3.05) is 13.1 Å². The highest BCUT2D eigenvalue weighted by molar-refractivity contribution is 5.54. The number of likely N-dealkylation sites (tertiary alicyclic amines) is 1. The van der Waals surface area contributed by atoms with Gasteiger partial charge >= 0.3 is 6.18 Å². The number of quaternary nitrogens is 1. The van der Waals surface area contributed by atoms with Crippen molar-refractivity contribution in [3.8, 4) is 11.4 Å². The molecule has 2 atom stereocenters. The Hall–Kier alpha value is -1.93. The van der Waals surface area contributed by atoms with Crippen molar-refractivity contribution in [2.45, 2.75) is 31.7 Å². The molecule has 0 amide bonds. The molecule has 5 nitrogen and oxygen atoms in total. The predicted molar refractivity (Wildman–Crippen MR) is 74.4 cm³/mol. The summed E-state index contributed by atoms with van der Waals surface area (Å²) in [5.41, 5.74) is -0.238. The van der Waals surface area contributed by atoms with E-state index in [1.54, 1.807) is 0 Å². The van der Waals surface area contributed by atoms with Gasteiger partial charge in [-0.3, -0.25) is 0 Å². The van der Waals surface area contributed by atoms with Gasteiger partial charge in [0.15, 0.2) is 6.54 Å². The van der Waals surface area contributed by atoms with E-state index in [2.05, 4.69) is 10.1 Å². The molecule has 1 fully saturated rings. The van der Waals surface area contributed by atoms with Crippen molar-refractivity contribution in [1.29, 1.82) is 0 Å². The summed E-state index contributed by atoms with van der Waals surface area (Å²) in [7, 11) is 0. The Kier molecular flexibility index (Phi) is 4.36. The molecule has 8 heteroatoms. The number of nitrogens with one attached hydrogen (secondary N) is 1. The van der Waals surface area contributed by atoms with Gasteiger partial charge in [-0.25, -0.2) is 0 Å². The number of alkyl halides is 3. The molecule has 2 heterocycles. The zero-order valence-electron chi connectivity index (χ0n) is 12.3. The summed E-state index contributed by atoms with van der Waals surface area (Å²) in [4.78, 5) is 5.39. The molecule has 0 aliphatic carbocycles. The van der Waals surface area contributed by atoms with Gasteiger partial charge in [0.2, 0.25) is 5.82 Å². The van der Waals surface area contributed by atoms with E-state index in [4.69, 9.17) is 4.52 Å². The van der Waals surface area contributed by atoms with E-state index in [9.17, 15) is 18.3 Å². The van der Waals surface area contributed by atoms with Gasteiger partial charge in [-0.15, -0.1) is 0 Å². The Labute approximate surface area is 130 Å². The maximum absolute atomic E-state index is 12.5. The molecule has 0 spiro atoms. The summed E-state index contributed by atoms with van der Waals surface area (Å²) in [6.45, 7) is 2.07. The largest absolute Gasteiger partial charge is 0.416 e. The van der Waals surface area contributed by atoms with Crippen LogP contribution in [-0.4, -0.2) is 34.4 Å². The Morgan fingerprint density at radius 1 is 1.26 bits per heavy atom. The van der Waals surface area contributed by atoms with Crippen LogP contribution in [0.4, 0.5) is 13.2 Å². The van der Waals surface area contributed by atoms with Crippen molar-refractivity contribution in [1.82, 2.24) is 10.1 Å². The number of aromatic nitrogens is 2. The highest BCUT2D eigenvalue weighted by Gasteiger charge is 2.30. The van der Waals surface area contributed by atoms with Gasteiger partial charge in [-0.05, 0) is 25.0 Å². The van der Waals surface area contributed by atoms with Crippen LogP contribution in [0.15, 0.2) is 28.8 Å². The number of halogens is 3. The number of hydrogen-bond acceptors (Lipinski definition) is 4. The first-order valence-corrected chi connectivity index (χ1v) is 7.43. The highest BCUT2D eigenvalue weighted by atomic mass is 19.4. The lowest BCUT2D eigenvalue weighted by atomic mass is 10.1. The number of aliphatic hydroxyl groups excluding tert-OH is 1. The number of hydrogen-bond donors (Lipinski definition) is 2. The van der Waals surface area contributed by atoms with Gasteiger partial charge in [0.1, 0.15) is 12.6 Å². The van der Waals surface area contributed by atoms with Crippen LogP contribution in [0.1, 0.15) is 24.3 Å². The van der Waals surface area contributed by atoms with Gasteiger partial charge < -0.3 is 14.5 Å². The zero-order chi connectivity index (χ0) is 16.4. The molecule has 2 N–H and O–H groups in total. The zero-order valence-corrected chi connectivity index (χ0v) is 12.3. The highest BCUT2D eigenvalue weighted by Crippen LogP contribution is 2.30. The predicted octanol–water partition coefficient (Wildman–Crippen LogP) is 1.29. The fraction of sp³-hybridized carbons (Fsp3) is 0.467. The summed E-state index contributed by atoms with van der Waals surface area (Å²) < 4.78 is 42.8. The van der Waals surface area contributed by atoms with Crippen molar-refractivity contribution >= 4 is 0 Å². The first-order valence-electron chi connectivity index (χ1n) is 7.43. The molecule has 1 aromatic heterocycles. The van der Waals surface area contributed by atoms with Crippen LogP contribution < -0.4 is 4.90 Å². The fourth-order valence-corrected chi connectivity index (χ4v) is 2.75. The van der Waals surface area contributed by atoms with Gasteiger partial charge in [0, 0.05) is 5.56 Å². The standard InChI is InChI=1S/C15H16F3N3O2/c16-15(17,18)11-5-3-10(4-6-11)14-19-13(23-20-14)9-21-7-1-2-12(22)8-21/h3-6,12,22H,1-2,7-9H2/p+1/t12-/m1/s1. The van der Waals surface area contributed by atoms with Gasteiger partial charge in [-0.2, -0.15) is 18.2 Å². The molecule has 0 saturated carbocycles.